The van der Waals surface area contributed by atoms with Crippen molar-refractivity contribution in [3.8, 4) is 11.8 Å². The van der Waals surface area contributed by atoms with Crippen molar-refractivity contribution in [1.82, 2.24) is 9.88 Å². The van der Waals surface area contributed by atoms with E-state index in [1.807, 2.05) is 32.9 Å². The van der Waals surface area contributed by atoms with Crippen LogP contribution in [0.1, 0.15) is 62.0 Å². The summed E-state index contributed by atoms with van der Waals surface area (Å²) < 4.78 is 36.5. The molecule has 0 radical (unpaired) electrons. The number of ether oxygens (including phenoxy) is 2. The Labute approximate surface area is 185 Å². The van der Waals surface area contributed by atoms with Gasteiger partial charge in [0, 0.05) is 24.0 Å². The van der Waals surface area contributed by atoms with Gasteiger partial charge in [0.15, 0.2) is 5.78 Å². The number of hydrogen-bond donors (Lipinski definition) is 1. The Bertz CT molecular complexity index is 1030. The third kappa shape index (κ3) is 5.75. The van der Waals surface area contributed by atoms with Crippen LogP contribution in [0.2, 0.25) is 0 Å². The number of aromatic nitrogens is 1. The van der Waals surface area contributed by atoms with Crippen molar-refractivity contribution in [2.24, 2.45) is 0 Å². The number of benzene rings is 1. The molecule has 3 rings (SSSR count). The van der Waals surface area contributed by atoms with Crippen molar-refractivity contribution in [3.05, 3.63) is 29.5 Å². The lowest BCUT2D eigenvalue weighted by Gasteiger charge is -2.34. The summed E-state index contributed by atoms with van der Waals surface area (Å²) in [4.78, 5) is 29.1. The smallest absolute Gasteiger partial charge is 0.410 e. The molecule has 1 saturated heterocycles. The molecule has 2 heterocycles. The van der Waals surface area contributed by atoms with Crippen LogP contribution in [0, 0.1) is 11.3 Å². The van der Waals surface area contributed by atoms with Crippen molar-refractivity contribution < 1.29 is 27.8 Å². The van der Waals surface area contributed by atoms with Gasteiger partial charge in [-0.25, -0.2) is 13.6 Å². The number of piperidine rings is 1. The van der Waals surface area contributed by atoms with Crippen LogP contribution in [-0.2, 0) is 4.74 Å². The zero-order valence-corrected chi connectivity index (χ0v) is 18.4. The fourth-order valence-electron chi connectivity index (χ4n) is 3.79. The molecule has 1 fully saturated rings. The van der Waals surface area contributed by atoms with Crippen molar-refractivity contribution in [2.75, 3.05) is 19.7 Å². The number of H-pyrrole nitrogens is 1. The molecule has 2 aromatic rings. The minimum absolute atomic E-state index is 0.00711. The molecular formula is C23H27F2N3O4. The topological polar surface area (TPSA) is 95.4 Å². The van der Waals surface area contributed by atoms with E-state index in [1.165, 1.54) is 0 Å². The molecule has 0 saturated carbocycles. The Kier molecular flexibility index (Phi) is 7.02. The minimum atomic E-state index is -2.62. The zero-order valence-electron chi connectivity index (χ0n) is 18.4. The molecule has 0 bridgehead atoms. The molecule has 1 aliphatic heterocycles. The molecule has 7 nitrogen and oxygen atoms in total. The molecule has 172 valence electrons. The quantitative estimate of drug-likeness (QED) is 0.627. The van der Waals surface area contributed by atoms with Gasteiger partial charge in [0.05, 0.1) is 11.8 Å². The number of nitrogens with zero attached hydrogens (tertiary/aromatic N) is 2. The van der Waals surface area contributed by atoms with Crippen molar-refractivity contribution >= 4 is 22.8 Å². The number of carbonyl (C=O) groups is 2. The average molecular weight is 447 g/mol. The standard InChI is InChI=1S/C23H27F2N3O4/c1-23(2,3)32-22(30)28-8-5-14(6-9-28)16-12-17-15(11-20(16)31-13-21(24)25)10-18(27-17)19(29)4-7-26/h10-12,14,21,27H,4-6,8-9,13H2,1-3H3. The maximum absolute atomic E-state index is 12.8. The third-order valence-electron chi connectivity index (χ3n) is 5.24. The van der Waals surface area contributed by atoms with E-state index in [0.717, 1.165) is 5.56 Å². The van der Waals surface area contributed by atoms with E-state index in [1.54, 1.807) is 17.0 Å². The highest BCUT2D eigenvalue weighted by atomic mass is 19.3. The number of halogens is 2. The largest absolute Gasteiger partial charge is 0.487 e. The molecule has 0 spiro atoms. The summed E-state index contributed by atoms with van der Waals surface area (Å²) in [6.07, 6.45) is -2.00. The molecule has 1 amide bonds. The van der Waals surface area contributed by atoms with E-state index in [0.29, 0.717) is 48.3 Å². The highest BCUT2D eigenvalue weighted by Gasteiger charge is 2.29. The van der Waals surface area contributed by atoms with E-state index < -0.39 is 18.6 Å². The van der Waals surface area contributed by atoms with Gasteiger partial charge in [-0.05, 0) is 63.3 Å². The number of carbonyl (C=O) groups excluding carboxylic acids is 2. The first-order chi connectivity index (χ1) is 15.1. The second-order valence-electron chi connectivity index (χ2n) is 8.86. The van der Waals surface area contributed by atoms with Crippen LogP contribution in [0.15, 0.2) is 18.2 Å². The molecule has 1 aromatic carbocycles. The predicted octanol–water partition coefficient (Wildman–Crippen LogP) is 5.02. The summed E-state index contributed by atoms with van der Waals surface area (Å²) in [5.74, 6) is -0.00918. The lowest BCUT2D eigenvalue weighted by atomic mass is 9.88. The van der Waals surface area contributed by atoms with Crippen LogP contribution >= 0.6 is 0 Å². The molecule has 0 aliphatic carbocycles. The first-order valence-electron chi connectivity index (χ1n) is 10.5. The number of likely N-dealkylation sites (tertiary alicyclic amines) is 1. The zero-order chi connectivity index (χ0) is 23.5. The van der Waals surface area contributed by atoms with E-state index in [2.05, 4.69) is 4.98 Å². The molecule has 1 aliphatic rings. The summed E-state index contributed by atoms with van der Waals surface area (Å²) in [7, 11) is 0. The van der Waals surface area contributed by atoms with Gasteiger partial charge in [0.25, 0.3) is 6.43 Å². The number of alkyl halides is 2. The lowest BCUT2D eigenvalue weighted by Crippen LogP contribution is -2.41. The van der Waals surface area contributed by atoms with Gasteiger partial charge in [-0.1, -0.05) is 0 Å². The van der Waals surface area contributed by atoms with Crippen LogP contribution in [0.4, 0.5) is 13.6 Å². The highest BCUT2D eigenvalue weighted by molar-refractivity contribution is 6.00. The number of ketones is 1. The number of amides is 1. The predicted molar refractivity (Wildman–Crippen MR) is 114 cm³/mol. The van der Waals surface area contributed by atoms with Crippen LogP contribution in [0.25, 0.3) is 10.9 Å². The van der Waals surface area contributed by atoms with Crippen molar-refractivity contribution in [3.63, 3.8) is 0 Å². The van der Waals surface area contributed by atoms with E-state index in [9.17, 15) is 18.4 Å². The Morgan fingerprint density at radius 2 is 1.94 bits per heavy atom. The Morgan fingerprint density at radius 3 is 2.53 bits per heavy atom. The maximum atomic E-state index is 12.8. The number of nitrogens with one attached hydrogen (secondary N) is 1. The fourth-order valence-corrected chi connectivity index (χ4v) is 3.79. The number of fused-ring (bicyclic) bond motifs is 1. The van der Waals surface area contributed by atoms with Crippen LogP contribution < -0.4 is 4.74 Å². The van der Waals surface area contributed by atoms with Gasteiger partial charge in [-0.2, -0.15) is 5.26 Å². The van der Waals surface area contributed by atoms with Crippen LogP contribution in [0.5, 0.6) is 5.75 Å². The lowest BCUT2D eigenvalue weighted by molar-refractivity contribution is 0.0203. The van der Waals surface area contributed by atoms with Crippen LogP contribution in [0.3, 0.4) is 0 Å². The summed E-state index contributed by atoms with van der Waals surface area (Å²) >= 11 is 0. The Balaban J connectivity index is 1.84. The van der Waals surface area contributed by atoms with Crippen molar-refractivity contribution in [1.29, 1.82) is 5.26 Å². The fraction of sp³-hybridized carbons (Fsp3) is 0.522. The van der Waals surface area contributed by atoms with Gasteiger partial charge in [-0.3, -0.25) is 4.79 Å². The molecule has 32 heavy (non-hydrogen) atoms. The second-order valence-corrected chi connectivity index (χ2v) is 8.86. The van der Waals surface area contributed by atoms with Crippen molar-refractivity contribution in [2.45, 2.75) is 58.0 Å². The maximum Gasteiger partial charge on any atom is 0.410 e. The monoisotopic (exact) mass is 447 g/mol. The van der Waals surface area contributed by atoms with E-state index in [4.69, 9.17) is 14.7 Å². The van der Waals surface area contributed by atoms with Gasteiger partial charge in [-0.15, -0.1) is 0 Å². The Morgan fingerprint density at radius 1 is 1.25 bits per heavy atom. The number of Topliss-reactive ketones (excluding diaryl/α,β-unsaturated/α-hetero) is 1. The molecule has 1 N–H and O–H groups in total. The minimum Gasteiger partial charge on any atom is -0.487 e. The summed E-state index contributed by atoms with van der Waals surface area (Å²) in [6, 6.07) is 6.88. The molecule has 0 unspecified atom stereocenters. The second kappa shape index (κ2) is 9.55. The van der Waals surface area contributed by atoms with Gasteiger partial charge >= 0.3 is 6.09 Å². The summed E-state index contributed by atoms with van der Waals surface area (Å²) in [6.45, 7) is 5.65. The van der Waals surface area contributed by atoms with E-state index in [-0.39, 0.29) is 24.2 Å². The van der Waals surface area contributed by atoms with Crippen LogP contribution in [-0.4, -0.2) is 53.5 Å². The number of rotatable bonds is 6. The summed E-state index contributed by atoms with van der Waals surface area (Å²) in [5.41, 5.74) is 1.13. The van der Waals surface area contributed by atoms with Gasteiger partial charge in [0.1, 0.15) is 24.4 Å². The highest BCUT2D eigenvalue weighted by Crippen LogP contribution is 2.38. The normalized spacial score (nSPS) is 15.1. The average Bonchev–Trinajstić information content (AvgIpc) is 3.13. The van der Waals surface area contributed by atoms with Gasteiger partial charge < -0.3 is 19.4 Å². The number of nitriles is 1. The first kappa shape index (κ1) is 23.5. The summed E-state index contributed by atoms with van der Waals surface area (Å²) in [5, 5.41) is 9.41. The number of aromatic amines is 1. The SMILES string of the molecule is CC(C)(C)OC(=O)N1CCC(c2cc3[nH]c(C(=O)CC#N)cc3cc2OCC(F)F)CC1. The van der Waals surface area contributed by atoms with E-state index >= 15 is 0 Å². The molecule has 9 heteroatoms. The first-order valence-corrected chi connectivity index (χ1v) is 10.5. The molecule has 1 aromatic heterocycles. The third-order valence-corrected chi connectivity index (χ3v) is 5.24. The molecular weight excluding hydrogens is 420 g/mol. The molecule has 0 atom stereocenters. The Hall–Kier alpha value is -3.15. The van der Waals surface area contributed by atoms with Gasteiger partial charge in [0.2, 0.25) is 0 Å². The number of hydrogen-bond acceptors (Lipinski definition) is 5.